The van der Waals surface area contributed by atoms with Gasteiger partial charge in [0, 0.05) is 30.0 Å². The summed E-state index contributed by atoms with van der Waals surface area (Å²) in [6, 6.07) is 6.60. The van der Waals surface area contributed by atoms with E-state index in [1.54, 1.807) is 12.1 Å². The van der Waals surface area contributed by atoms with Crippen molar-refractivity contribution >= 4 is 31.9 Å². The highest BCUT2D eigenvalue weighted by molar-refractivity contribution is 9.10. The Kier molecular flexibility index (Phi) is 8.02. The Morgan fingerprint density at radius 1 is 1.36 bits per heavy atom. The van der Waals surface area contributed by atoms with Crippen LogP contribution in [0.15, 0.2) is 33.6 Å². The van der Waals surface area contributed by atoms with Gasteiger partial charge in [0.15, 0.2) is 0 Å². The second kappa shape index (κ2) is 9.24. The van der Waals surface area contributed by atoms with Gasteiger partial charge in [-0.15, -0.1) is 0 Å². The van der Waals surface area contributed by atoms with Gasteiger partial charge in [0.1, 0.15) is 0 Å². The summed E-state index contributed by atoms with van der Waals surface area (Å²) in [5.74, 6) is -0.179. The Bertz CT molecular complexity index is 593. The number of halogens is 1. The predicted molar refractivity (Wildman–Crippen MR) is 90.1 cm³/mol. The van der Waals surface area contributed by atoms with Crippen molar-refractivity contribution in [2.75, 3.05) is 19.6 Å². The number of benzene rings is 1. The minimum atomic E-state index is -3.59. The zero-order chi connectivity index (χ0) is 16.6. The maximum atomic E-state index is 12.0. The van der Waals surface area contributed by atoms with Crippen molar-refractivity contribution < 1.29 is 13.2 Å². The molecule has 0 fully saturated rings. The van der Waals surface area contributed by atoms with Crippen LogP contribution in [-0.4, -0.2) is 40.0 Å². The first kappa shape index (κ1) is 19.1. The van der Waals surface area contributed by atoms with E-state index < -0.39 is 10.0 Å². The van der Waals surface area contributed by atoms with Crippen LogP contribution in [0, 0.1) is 0 Å². The number of carbonyl (C=O) groups is 1. The zero-order valence-corrected chi connectivity index (χ0v) is 15.1. The average molecular weight is 392 g/mol. The van der Waals surface area contributed by atoms with E-state index in [0.29, 0.717) is 11.0 Å². The lowest BCUT2D eigenvalue weighted by Gasteiger charge is -2.13. The van der Waals surface area contributed by atoms with Crippen molar-refractivity contribution in [2.24, 2.45) is 0 Å². The van der Waals surface area contributed by atoms with Crippen LogP contribution in [-0.2, 0) is 14.8 Å². The Labute approximate surface area is 140 Å². The molecule has 0 heterocycles. The largest absolute Gasteiger partial charge is 0.355 e. The fourth-order valence-corrected chi connectivity index (χ4v) is 3.42. The number of carbonyl (C=O) groups excluding carboxylic acids is 1. The van der Waals surface area contributed by atoms with Crippen molar-refractivity contribution in [3.8, 4) is 0 Å². The molecule has 0 saturated heterocycles. The number of amides is 1. The number of rotatable bonds is 9. The molecule has 0 aliphatic carbocycles. The normalized spacial score (nSPS) is 12.9. The van der Waals surface area contributed by atoms with Crippen LogP contribution in [0.2, 0.25) is 0 Å². The van der Waals surface area contributed by atoms with Gasteiger partial charge in [-0.1, -0.05) is 28.9 Å². The van der Waals surface area contributed by atoms with Gasteiger partial charge in [-0.05, 0) is 31.7 Å². The van der Waals surface area contributed by atoms with E-state index in [9.17, 15) is 13.2 Å². The SMILES string of the molecule is CCN[C@H](C)CNC(=O)CCNS(=O)(=O)c1cccc(Br)c1. The van der Waals surface area contributed by atoms with E-state index in [1.165, 1.54) is 12.1 Å². The third-order valence-electron chi connectivity index (χ3n) is 2.91. The molecule has 1 atom stereocenters. The molecule has 0 aromatic heterocycles. The third-order valence-corrected chi connectivity index (χ3v) is 4.86. The van der Waals surface area contributed by atoms with Crippen LogP contribution in [0.3, 0.4) is 0 Å². The van der Waals surface area contributed by atoms with Crippen molar-refractivity contribution in [1.82, 2.24) is 15.4 Å². The number of hydrogen-bond acceptors (Lipinski definition) is 4. The Morgan fingerprint density at radius 3 is 2.73 bits per heavy atom. The number of likely N-dealkylation sites (N-methyl/N-ethyl adjacent to an activating group) is 1. The highest BCUT2D eigenvalue weighted by Gasteiger charge is 2.14. The lowest BCUT2D eigenvalue weighted by atomic mass is 10.3. The van der Waals surface area contributed by atoms with Gasteiger partial charge in [-0.2, -0.15) is 0 Å². The molecule has 0 aliphatic rings. The smallest absolute Gasteiger partial charge is 0.240 e. The summed E-state index contributed by atoms with van der Waals surface area (Å²) in [5, 5.41) is 5.94. The van der Waals surface area contributed by atoms with Gasteiger partial charge in [0.25, 0.3) is 0 Å². The van der Waals surface area contributed by atoms with Gasteiger partial charge in [-0.25, -0.2) is 13.1 Å². The summed E-state index contributed by atoms with van der Waals surface area (Å²) < 4.78 is 27.2. The van der Waals surface area contributed by atoms with Gasteiger partial charge >= 0.3 is 0 Å². The molecule has 0 spiro atoms. The van der Waals surface area contributed by atoms with Gasteiger partial charge in [0.05, 0.1) is 4.90 Å². The molecular formula is C14H22BrN3O3S. The van der Waals surface area contributed by atoms with E-state index in [1.807, 2.05) is 13.8 Å². The molecule has 1 amide bonds. The average Bonchev–Trinajstić information content (AvgIpc) is 2.45. The van der Waals surface area contributed by atoms with Crippen molar-refractivity contribution in [3.63, 3.8) is 0 Å². The van der Waals surface area contributed by atoms with Crippen molar-refractivity contribution in [1.29, 1.82) is 0 Å². The third kappa shape index (κ3) is 6.87. The summed E-state index contributed by atoms with van der Waals surface area (Å²) in [4.78, 5) is 11.8. The highest BCUT2D eigenvalue weighted by atomic mass is 79.9. The van der Waals surface area contributed by atoms with Gasteiger partial charge in [-0.3, -0.25) is 4.79 Å². The fourth-order valence-electron chi connectivity index (χ4n) is 1.79. The molecule has 124 valence electrons. The molecule has 6 nitrogen and oxygen atoms in total. The van der Waals surface area contributed by atoms with Crippen molar-refractivity contribution in [3.05, 3.63) is 28.7 Å². The van der Waals surface area contributed by atoms with E-state index >= 15 is 0 Å². The van der Waals surface area contributed by atoms with E-state index in [0.717, 1.165) is 6.54 Å². The minimum Gasteiger partial charge on any atom is -0.355 e. The van der Waals surface area contributed by atoms with E-state index in [2.05, 4.69) is 31.3 Å². The van der Waals surface area contributed by atoms with Crippen LogP contribution in [0.1, 0.15) is 20.3 Å². The molecule has 1 aromatic carbocycles. The summed E-state index contributed by atoms with van der Waals surface area (Å²) in [6.45, 7) is 5.39. The summed E-state index contributed by atoms with van der Waals surface area (Å²) in [7, 11) is -3.59. The molecule has 0 saturated carbocycles. The van der Waals surface area contributed by atoms with Crippen LogP contribution >= 0.6 is 15.9 Å². The first-order valence-corrected chi connectivity index (χ1v) is 9.38. The van der Waals surface area contributed by atoms with Gasteiger partial charge < -0.3 is 10.6 Å². The second-order valence-corrected chi connectivity index (χ2v) is 7.55. The Hall–Kier alpha value is -0.960. The monoisotopic (exact) mass is 391 g/mol. The summed E-state index contributed by atoms with van der Waals surface area (Å²) in [5.41, 5.74) is 0. The van der Waals surface area contributed by atoms with E-state index in [-0.39, 0.29) is 29.8 Å². The molecule has 1 aromatic rings. The topological polar surface area (TPSA) is 87.3 Å². The molecule has 3 N–H and O–H groups in total. The van der Waals surface area contributed by atoms with Crippen LogP contribution in [0.5, 0.6) is 0 Å². The molecule has 0 aliphatic heterocycles. The molecule has 0 bridgehead atoms. The quantitative estimate of drug-likeness (QED) is 0.590. The number of nitrogens with one attached hydrogen (secondary N) is 3. The summed E-state index contributed by atoms with van der Waals surface area (Å²) in [6.07, 6.45) is 0.103. The van der Waals surface area contributed by atoms with E-state index in [4.69, 9.17) is 0 Å². The first-order chi connectivity index (χ1) is 10.3. The maximum absolute atomic E-state index is 12.0. The summed E-state index contributed by atoms with van der Waals surface area (Å²) >= 11 is 3.23. The van der Waals surface area contributed by atoms with Crippen LogP contribution in [0.25, 0.3) is 0 Å². The zero-order valence-electron chi connectivity index (χ0n) is 12.7. The van der Waals surface area contributed by atoms with Crippen LogP contribution in [0.4, 0.5) is 0 Å². The second-order valence-electron chi connectivity index (χ2n) is 4.87. The maximum Gasteiger partial charge on any atom is 0.240 e. The first-order valence-electron chi connectivity index (χ1n) is 7.10. The fraction of sp³-hybridized carbons (Fsp3) is 0.500. The predicted octanol–water partition coefficient (Wildman–Crippen LogP) is 1.23. The lowest BCUT2D eigenvalue weighted by Crippen LogP contribution is -2.39. The Balaban J connectivity index is 2.38. The molecule has 8 heteroatoms. The van der Waals surface area contributed by atoms with Crippen LogP contribution < -0.4 is 15.4 Å². The molecule has 1 rings (SSSR count). The molecule has 0 radical (unpaired) electrons. The molecule has 0 unspecified atom stereocenters. The van der Waals surface area contributed by atoms with Crippen molar-refractivity contribution in [2.45, 2.75) is 31.2 Å². The van der Waals surface area contributed by atoms with Gasteiger partial charge in [0.2, 0.25) is 15.9 Å². The Morgan fingerprint density at radius 2 is 2.09 bits per heavy atom. The standard InChI is InChI=1S/C14H22BrN3O3S/c1-3-16-11(2)10-17-14(19)7-8-18-22(20,21)13-6-4-5-12(15)9-13/h4-6,9,11,16,18H,3,7-8,10H2,1-2H3,(H,17,19)/t11-/m1/s1. The lowest BCUT2D eigenvalue weighted by molar-refractivity contribution is -0.121. The number of hydrogen-bond donors (Lipinski definition) is 3. The minimum absolute atomic E-state index is 0.0657. The number of sulfonamides is 1. The molecular weight excluding hydrogens is 370 g/mol. The highest BCUT2D eigenvalue weighted by Crippen LogP contribution is 2.15. The molecule has 22 heavy (non-hydrogen) atoms.